The smallest absolute Gasteiger partial charge is 0.434 e. The molecule has 0 fully saturated rings. The Labute approximate surface area is 65.2 Å². The second kappa shape index (κ2) is 4.13. The monoisotopic (exact) mass is 190 g/mol. The van der Waals surface area contributed by atoms with Gasteiger partial charge in [-0.2, -0.15) is 17.6 Å². The summed E-state index contributed by atoms with van der Waals surface area (Å²) >= 11 is 0. The number of alkyl halides is 4. The number of carbonyl (C=O) groups is 1. The van der Waals surface area contributed by atoms with Crippen molar-refractivity contribution in [3.8, 4) is 0 Å². The van der Waals surface area contributed by atoms with E-state index in [-0.39, 0.29) is 6.61 Å². The lowest BCUT2D eigenvalue weighted by Crippen LogP contribution is -2.33. The van der Waals surface area contributed by atoms with Crippen molar-refractivity contribution < 1.29 is 31.8 Å². The molecule has 0 rings (SSSR count). The largest absolute Gasteiger partial charge is 0.513 e. The molecule has 3 nitrogen and oxygen atoms in total. The number of halogens is 4. The molecule has 12 heavy (non-hydrogen) atoms. The summed E-state index contributed by atoms with van der Waals surface area (Å²) in [5, 5.41) is 0. The normalized spacial score (nSPS) is 11.5. The molecule has 0 saturated carbocycles. The van der Waals surface area contributed by atoms with Crippen LogP contribution in [0.4, 0.5) is 22.4 Å². The molecule has 0 aliphatic carbocycles. The topological polar surface area (TPSA) is 35.5 Å². The average Bonchev–Trinajstić information content (AvgIpc) is 1.85. The van der Waals surface area contributed by atoms with Gasteiger partial charge in [0.2, 0.25) is 0 Å². The van der Waals surface area contributed by atoms with Crippen LogP contribution in [-0.2, 0) is 9.47 Å². The van der Waals surface area contributed by atoms with Crippen LogP contribution in [0.15, 0.2) is 0 Å². The van der Waals surface area contributed by atoms with Gasteiger partial charge in [0.05, 0.1) is 6.61 Å². The lowest BCUT2D eigenvalue weighted by atomic mass is 10.7. The summed E-state index contributed by atoms with van der Waals surface area (Å²) in [6.07, 6.45) is -10.7. The zero-order valence-corrected chi connectivity index (χ0v) is 6.02. The molecule has 0 aromatic heterocycles. The van der Waals surface area contributed by atoms with Gasteiger partial charge in [0.25, 0.3) is 0 Å². The van der Waals surface area contributed by atoms with E-state index in [1.807, 2.05) is 0 Å². The first-order chi connectivity index (χ1) is 5.40. The van der Waals surface area contributed by atoms with Gasteiger partial charge >= 0.3 is 18.7 Å². The molecule has 0 amide bonds. The maximum absolute atomic E-state index is 11.8. The molecule has 0 aromatic carbocycles. The molecule has 0 aliphatic rings. The highest BCUT2D eigenvalue weighted by atomic mass is 19.3. The van der Waals surface area contributed by atoms with Gasteiger partial charge in [-0.3, -0.25) is 0 Å². The second-order valence-electron chi connectivity index (χ2n) is 1.65. The van der Waals surface area contributed by atoms with E-state index in [0.29, 0.717) is 0 Å². The zero-order chi connectivity index (χ0) is 9.78. The first-order valence-electron chi connectivity index (χ1n) is 2.92. The first-order valence-corrected chi connectivity index (χ1v) is 2.92. The molecule has 7 heteroatoms. The minimum absolute atomic E-state index is 0.224. The van der Waals surface area contributed by atoms with Gasteiger partial charge in [0, 0.05) is 0 Å². The van der Waals surface area contributed by atoms with Crippen molar-refractivity contribution in [2.75, 3.05) is 6.61 Å². The van der Waals surface area contributed by atoms with Gasteiger partial charge in [-0.1, -0.05) is 0 Å². The molecule has 0 N–H and O–H groups in total. The number of carbonyl (C=O) groups excluding carboxylic acids is 1. The van der Waals surface area contributed by atoms with Crippen LogP contribution >= 0.6 is 0 Å². The first kappa shape index (κ1) is 11.0. The van der Waals surface area contributed by atoms with Crippen LogP contribution in [0.2, 0.25) is 0 Å². The SMILES string of the molecule is CCOC(=O)OC(F)(F)C(F)F. The second-order valence-corrected chi connectivity index (χ2v) is 1.65. The molecule has 72 valence electrons. The standard InChI is InChI=1S/C5H6F4O3/c1-2-11-4(10)12-5(8,9)3(6)7/h3H,2H2,1H3. The van der Waals surface area contributed by atoms with Gasteiger partial charge < -0.3 is 9.47 Å². The summed E-state index contributed by atoms with van der Waals surface area (Å²) < 4.78 is 53.2. The molecule has 0 saturated heterocycles. The molecule has 0 spiro atoms. The van der Waals surface area contributed by atoms with Gasteiger partial charge in [-0.15, -0.1) is 0 Å². The van der Waals surface area contributed by atoms with Crippen LogP contribution in [0.1, 0.15) is 6.92 Å². The maximum Gasteiger partial charge on any atom is 0.513 e. The summed E-state index contributed by atoms with van der Waals surface area (Å²) in [7, 11) is 0. The Morgan fingerprint density at radius 3 is 2.33 bits per heavy atom. The number of hydrogen-bond acceptors (Lipinski definition) is 3. The molecule has 0 aromatic rings. The average molecular weight is 190 g/mol. The molecule has 0 atom stereocenters. The van der Waals surface area contributed by atoms with Crippen molar-refractivity contribution >= 4 is 6.16 Å². The van der Waals surface area contributed by atoms with Crippen LogP contribution in [-0.4, -0.2) is 25.3 Å². The predicted octanol–water partition coefficient (Wildman–Crippen LogP) is 2.02. The Morgan fingerprint density at radius 2 is 2.00 bits per heavy atom. The van der Waals surface area contributed by atoms with Crippen LogP contribution in [0.5, 0.6) is 0 Å². The Balaban J connectivity index is 3.97. The van der Waals surface area contributed by atoms with Crippen molar-refractivity contribution in [3.63, 3.8) is 0 Å². The highest BCUT2D eigenvalue weighted by Crippen LogP contribution is 2.24. The Hall–Kier alpha value is -1.01. The van der Waals surface area contributed by atoms with Crippen LogP contribution in [0.25, 0.3) is 0 Å². The highest BCUT2D eigenvalue weighted by molar-refractivity contribution is 5.60. The molecular weight excluding hydrogens is 184 g/mol. The van der Waals surface area contributed by atoms with Gasteiger partial charge in [0.1, 0.15) is 0 Å². The minimum Gasteiger partial charge on any atom is -0.434 e. The van der Waals surface area contributed by atoms with Gasteiger partial charge in [0.15, 0.2) is 0 Å². The molecule has 0 aliphatic heterocycles. The van der Waals surface area contributed by atoms with Crippen LogP contribution in [0, 0.1) is 0 Å². The minimum atomic E-state index is -4.79. The van der Waals surface area contributed by atoms with E-state index in [9.17, 15) is 22.4 Å². The van der Waals surface area contributed by atoms with Crippen LogP contribution in [0.3, 0.4) is 0 Å². The fourth-order valence-electron chi connectivity index (χ4n) is 0.303. The molecule has 0 unspecified atom stereocenters. The number of rotatable bonds is 3. The molecule has 0 radical (unpaired) electrons. The lowest BCUT2D eigenvalue weighted by molar-refractivity contribution is -0.276. The fraction of sp³-hybridized carbons (Fsp3) is 0.800. The highest BCUT2D eigenvalue weighted by Gasteiger charge is 2.46. The van der Waals surface area contributed by atoms with Crippen molar-refractivity contribution in [1.82, 2.24) is 0 Å². The zero-order valence-electron chi connectivity index (χ0n) is 6.02. The van der Waals surface area contributed by atoms with E-state index < -0.39 is 18.7 Å². The summed E-state index contributed by atoms with van der Waals surface area (Å²) in [4.78, 5) is 10.1. The Kier molecular flexibility index (Phi) is 3.78. The fourth-order valence-corrected chi connectivity index (χ4v) is 0.303. The Morgan fingerprint density at radius 1 is 1.50 bits per heavy atom. The third-order valence-electron chi connectivity index (χ3n) is 0.736. The lowest BCUT2D eigenvalue weighted by Gasteiger charge is -2.14. The molecule has 0 bridgehead atoms. The summed E-state index contributed by atoms with van der Waals surface area (Å²) in [5.74, 6) is 0. The maximum atomic E-state index is 11.8. The van der Waals surface area contributed by atoms with E-state index in [1.54, 1.807) is 0 Å². The van der Waals surface area contributed by atoms with E-state index in [4.69, 9.17) is 0 Å². The van der Waals surface area contributed by atoms with Crippen molar-refractivity contribution in [1.29, 1.82) is 0 Å². The summed E-state index contributed by atoms with van der Waals surface area (Å²) in [5.41, 5.74) is 0. The Bertz CT molecular complexity index is 159. The quantitative estimate of drug-likeness (QED) is 0.504. The van der Waals surface area contributed by atoms with E-state index >= 15 is 0 Å². The van der Waals surface area contributed by atoms with Crippen molar-refractivity contribution in [2.45, 2.75) is 19.5 Å². The van der Waals surface area contributed by atoms with E-state index in [2.05, 4.69) is 9.47 Å². The van der Waals surface area contributed by atoms with Gasteiger partial charge in [-0.05, 0) is 6.92 Å². The third-order valence-corrected chi connectivity index (χ3v) is 0.736. The summed E-state index contributed by atoms with van der Waals surface area (Å²) in [6.45, 7) is 1.10. The van der Waals surface area contributed by atoms with E-state index in [0.717, 1.165) is 0 Å². The molecule has 0 heterocycles. The van der Waals surface area contributed by atoms with Crippen molar-refractivity contribution in [3.05, 3.63) is 0 Å². The third kappa shape index (κ3) is 3.40. The summed E-state index contributed by atoms with van der Waals surface area (Å²) in [6, 6.07) is 0. The van der Waals surface area contributed by atoms with Crippen molar-refractivity contribution in [2.24, 2.45) is 0 Å². The predicted molar refractivity (Wildman–Crippen MR) is 29.1 cm³/mol. The molecular formula is C5H6F4O3. The number of ether oxygens (including phenoxy) is 2. The van der Waals surface area contributed by atoms with Crippen LogP contribution < -0.4 is 0 Å². The number of hydrogen-bond donors (Lipinski definition) is 0. The van der Waals surface area contributed by atoms with E-state index in [1.165, 1.54) is 6.92 Å². The van der Waals surface area contributed by atoms with Gasteiger partial charge in [-0.25, -0.2) is 4.79 Å².